The van der Waals surface area contributed by atoms with E-state index in [4.69, 9.17) is 24.5 Å². The normalized spacial score (nSPS) is 14.6. The number of fused-ring (bicyclic) bond motifs is 2. The van der Waals surface area contributed by atoms with Crippen LogP contribution in [0.4, 0.5) is 0 Å². The molecule has 1 saturated heterocycles. The number of rotatable bonds is 4. The van der Waals surface area contributed by atoms with Gasteiger partial charge in [0.25, 0.3) is 0 Å². The molecule has 4 aromatic rings. The maximum atomic E-state index is 12.5. The van der Waals surface area contributed by atoms with Gasteiger partial charge in [0.05, 0.1) is 18.1 Å². The Kier molecular flexibility index (Phi) is 6.69. The smallest absolute Gasteiger partial charge is 0.414 e. The van der Waals surface area contributed by atoms with Gasteiger partial charge in [0.2, 0.25) is 0 Å². The van der Waals surface area contributed by atoms with Crippen molar-refractivity contribution in [2.45, 2.75) is 25.4 Å². The van der Waals surface area contributed by atoms with Gasteiger partial charge in [-0.25, -0.2) is 14.4 Å². The number of aromatic amines is 2. The van der Waals surface area contributed by atoms with E-state index in [9.17, 15) is 4.79 Å². The fourth-order valence-corrected chi connectivity index (χ4v) is 4.43. The van der Waals surface area contributed by atoms with Gasteiger partial charge < -0.3 is 24.9 Å². The first kappa shape index (κ1) is 23.1. The number of nitrogens with zero attached hydrogens (tertiary/aromatic N) is 2. The van der Waals surface area contributed by atoms with Crippen molar-refractivity contribution in [2.75, 3.05) is 20.2 Å². The van der Waals surface area contributed by atoms with E-state index >= 15 is 0 Å². The van der Waals surface area contributed by atoms with Gasteiger partial charge in [-0.3, -0.25) is 9.47 Å². The molecule has 0 bridgehead atoms. The van der Waals surface area contributed by atoms with Gasteiger partial charge in [-0.15, -0.1) is 0 Å². The molecule has 0 saturated carbocycles. The van der Waals surface area contributed by atoms with Gasteiger partial charge in [0.15, 0.2) is 0 Å². The van der Waals surface area contributed by atoms with Crippen molar-refractivity contribution < 1.29 is 24.5 Å². The Morgan fingerprint density at radius 3 is 2.44 bits per heavy atom. The van der Waals surface area contributed by atoms with Crippen molar-refractivity contribution in [2.24, 2.45) is 0 Å². The number of H-pyrrole nitrogens is 2. The Hall–Kier alpha value is -4.05. The summed E-state index contributed by atoms with van der Waals surface area (Å²) in [7, 11) is 1.70. The van der Waals surface area contributed by atoms with Crippen LogP contribution in [0.3, 0.4) is 0 Å². The SMILES string of the molecule is COc1ccc2[nH]cc(CN3CCC(n4c(=O)[nH]c5ccccc54)CC3)c2c1.O=C(O)C(=O)O. The lowest BCUT2D eigenvalue weighted by atomic mass is 10.0. The summed E-state index contributed by atoms with van der Waals surface area (Å²) in [5.74, 6) is -2.77. The molecule has 0 atom stereocenters. The Morgan fingerprint density at radius 1 is 1.06 bits per heavy atom. The lowest BCUT2D eigenvalue weighted by Gasteiger charge is -2.32. The molecular formula is C24H26N4O6. The van der Waals surface area contributed by atoms with Crippen LogP contribution >= 0.6 is 0 Å². The number of para-hydroxylation sites is 2. The zero-order chi connectivity index (χ0) is 24.2. The van der Waals surface area contributed by atoms with Crippen molar-refractivity contribution in [3.05, 3.63) is 64.7 Å². The quantitative estimate of drug-likeness (QED) is 0.339. The molecule has 0 radical (unpaired) electrons. The van der Waals surface area contributed by atoms with Crippen LogP contribution in [0.25, 0.3) is 21.9 Å². The Morgan fingerprint density at radius 2 is 1.76 bits per heavy atom. The minimum absolute atomic E-state index is 0.00312. The molecule has 0 aliphatic carbocycles. The summed E-state index contributed by atoms with van der Waals surface area (Å²) in [5.41, 5.74) is 4.35. The molecule has 10 nitrogen and oxygen atoms in total. The predicted molar refractivity (Wildman–Crippen MR) is 126 cm³/mol. The number of hydrogen-bond acceptors (Lipinski definition) is 5. The number of aromatic nitrogens is 3. The number of carboxylic acid groups (broad SMARTS) is 2. The molecule has 0 amide bonds. The van der Waals surface area contributed by atoms with Crippen LogP contribution < -0.4 is 10.4 Å². The van der Waals surface area contributed by atoms with E-state index in [2.05, 4.69) is 33.2 Å². The monoisotopic (exact) mass is 466 g/mol. The largest absolute Gasteiger partial charge is 0.497 e. The highest BCUT2D eigenvalue weighted by Gasteiger charge is 2.24. The van der Waals surface area contributed by atoms with E-state index < -0.39 is 11.9 Å². The van der Waals surface area contributed by atoms with E-state index in [-0.39, 0.29) is 11.7 Å². The van der Waals surface area contributed by atoms with Crippen LogP contribution in [0.5, 0.6) is 5.75 Å². The number of aliphatic carboxylic acids is 2. The third-order valence-corrected chi connectivity index (χ3v) is 6.10. The summed E-state index contributed by atoms with van der Waals surface area (Å²) in [4.78, 5) is 39.5. The standard InChI is InChI=1S/C22H24N4O2.C2H2O4/c1-28-17-6-7-19-18(12-17)15(13-23-19)14-25-10-8-16(9-11-25)26-21-5-3-2-4-20(21)24-22(26)27;3-1(4)2(5)6/h2-7,12-13,16,23H,8-11,14H2,1H3,(H,24,27);(H,3,4)(H,5,6). The molecule has 5 rings (SSSR count). The molecule has 3 heterocycles. The lowest BCUT2D eigenvalue weighted by molar-refractivity contribution is -0.159. The Labute approximate surface area is 194 Å². The van der Waals surface area contributed by atoms with E-state index in [1.807, 2.05) is 34.9 Å². The molecule has 0 spiro atoms. The number of carbonyl (C=O) groups is 2. The van der Waals surface area contributed by atoms with Gasteiger partial charge in [-0.1, -0.05) is 12.1 Å². The van der Waals surface area contributed by atoms with Crippen molar-refractivity contribution >= 4 is 33.9 Å². The number of imidazole rings is 1. The van der Waals surface area contributed by atoms with Gasteiger partial charge in [-0.2, -0.15) is 0 Å². The number of ether oxygens (including phenoxy) is 1. The number of hydrogen-bond donors (Lipinski definition) is 4. The maximum absolute atomic E-state index is 12.5. The Bertz CT molecular complexity index is 1370. The van der Waals surface area contributed by atoms with Crippen molar-refractivity contribution in [3.8, 4) is 5.75 Å². The van der Waals surface area contributed by atoms with Crippen LogP contribution in [0.2, 0.25) is 0 Å². The zero-order valence-electron chi connectivity index (χ0n) is 18.7. The Balaban J connectivity index is 0.000000408. The first-order chi connectivity index (χ1) is 16.4. The van der Waals surface area contributed by atoms with Crippen molar-refractivity contribution in [1.82, 2.24) is 19.4 Å². The van der Waals surface area contributed by atoms with E-state index in [1.165, 1.54) is 10.9 Å². The molecule has 2 aromatic heterocycles. The first-order valence-corrected chi connectivity index (χ1v) is 10.9. The van der Waals surface area contributed by atoms with E-state index in [0.29, 0.717) is 0 Å². The summed E-state index contributed by atoms with van der Waals surface area (Å²) in [6, 6.07) is 14.3. The molecule has 34 heavy (non-hydrogen) atoms. The van der Waals surface area contributed by atoms with E-state index in [1.54, 1.807) is 7.11 Å². The van der Waals surface area contributed by atoms with Crippen LogP contribution in [0.15, 0.2) is 53.5 Å². The number of benzene rings is 2. The highest BCUT2D eigenvalue weighted by molar-refractivity contribution is 6.27. The summed E-state index contributed by atoms with van der Waals surface area (Å²) >= 11 is 0. The molecule has 1 aliphatic heterocycles. The lowest BCUT2D eigenvalue weighted by Crippen LogP contribution is -2.36. The van der Waals surface area contributed by atoms with Crippen molar-refractivity contribution in [3.63, 3.8) is 0 Å². The highest BCUT2D eigenvalue weighted by atomic mass is 16.5. The molecule has 178 valence electrons. The molecule has 2 aromatic carbocycles. The maximum Gasteiger partial charge on any atom is 0.414 e. The minimum atomic E-state index is -1.82. The second-order valence-electron chi connectivity index (χ2n) is 8.16. The summed E-state index contributed by atoms with van der Waals surface area (Å²) in [6.45, 7) is 2.86. The van der Waals surface area contributed by atoms with Crippen LogP contribution in [0.1, 0.15) is 24.4 Å². The number of likely N-dealkylation sites (tertiary alicyclic amines) is 1. The van der Waals surface area contributed by atoms with Gasteiger partial charge >= 0.3 is 17.6 Å². The first-order valence-electron chi connectivity index (χ1n) is 10.9. The number of methoxy groups -OCH3 is 1. The molecule has 4 N–H and O–H groups in total. The second kappa shape index (κ2) is 9.84. The average molecular weight is 466 g/mol. The second-order valence-corrected chi connectivity index (χ2v) is 8.16. The topological polar surface area (TPSA) is 141 Å². The molecule has 0 unspecified atom stereocenters. The fourth-order valence-electron chi connectivity index (χ4n) is 4.43. The van der Waals surface area contributed by atoms with Crippen LogP contribution in [0, 0.1) is 0 Å². The van der Waals surface area contributed by atoms with E-state index in [0.717, 1.165) is 54.8 Å². The zero-order valence-corrected chi connectivity index (χ0v) is 18.7. The molecule has 1 fully saturated rings. The average Bonchev–Trinajstić information content (AvgIpc) is 3.39. The van der Waals surface area contributed by atoms with Crippen LogP contribution in [-0.4, -0.2) is 61.8 Å². The fraction of sp³-hybridized carbons (Fsp3) is 0.292. The van der Waals surface area contributed by atoms with Gasteiger partial charge in [0, 0.05) is 42.8 Å². The summed E-state index contributed by atoms with van der Waals surface area (Å²) in [6.07, 6.45) is 4.06. The predicted octanol–water partition coefficient (Wildman–Crippen LogP) is 2.81. The summed E-state index contributed by atoms with van der Waals surface area (Å²) < 4.78 is 7.32. The van der Waals surface area contributed by atoms with Crippen LogP contribution in [-0.2, 0) is 16.1 Å². The molecule has 10 heteroatoms. The summed E-state index contributed by atoms with van der Waals surface area (Å²) in [5, 5.41) is 16.0. The van der Waals surface area contributed by atoms with Gasteiger partial charge in [-0.05, 0) is 48.7 Å². The number of carboxylic acids is 2. The number of piperidine rings is 1. The third-order valence-electron chi connectivity index (χ3n) is 6.10. The number of nitrogens with one attached hydrogen (secondary N) is 2. The van der Waals surface area contributed by atoms with Gasteiger partial charge in [0.1, 0.15) is 5.75 Å². The molecular weight excluding hydrogens is 440 g/mol. The highest BCUT2D eigenvalue weighted by Crippen LogP contribution is 2.28. The minimum Gasteiger partial charge on any atom is -0.497 e. The van der Waals surface area contributed by atoms with Crippen molar-refractivity contribution in [1.29, 1.82) is 0 Å². The molecule has 1 aliphatic rings. The third kappa shape index (κ3) is 4.81.